The predicted molar refractivity (Wildman–Crippen MR) is 123 cm³/mol. The van der Waals surface area contributed by atoms with Gasteiger partial charge < -0.3 is 15.0 Å². The number of pyridine rings is 1. The quantitative estimate of drug-likeness (QED) is 0.652. The minimum Gasteiger partial charge on any atom is -0.361 e. The minimum atomic E-state index is -1.18. The molecular weight excluding hydrogens is 402 g/mol. The molecule has 0 unspecified atom stereocenters. The van der Waals surface area contributed by atoms with Crippen molar-refractivity contribution in [3.8, 4) is 11.1 Å². The molecule has 1 aliphatic heterocycles. The van der Waals surface area contributed by atoms with E-state index >= 15 is 0 Å². The van der Waals surface area contributed by atoms with Crippen LogP contribution in [-0.2, 0) is 16.0 Å². The highest BCUT2D eigenvalue weighted by atomic mass is 16.5. The molecule has 2 aromatic carbocycles. The number of benzene rings is 2. The lowest BCUT2D eigenvalue weighted by molar-refractivity contribution is -0.157. The van der Waals surface area contributed by atoms with Crippen LogP contribution in [0.5, 0.6) is 0 Å². The van der Waals surface area contributed by atoms with E-state index in [2.05, 4.69) is 28.5 Å². The van der Waals surface area contributed by atoms with Gasteiger partial charge in [0.2, 0.25) is 0 Å². The van der Waals surface area contributed by atoms with Crippen LogP contribution in [0.1, 0.15) is 23.0 Å². The monoisotopic (exact) mass is 429 g/mol. The Labute approximate surface area is 188 Å². The van der Waals surface area contributed by atoms with Gasteiger partial charge in [0.05, 0.1) is 13.2 Å². The van der Waals surface area contributed by atoms with Crippen LogP contribution in [0.2, 0.25) is 0 Å². The number of nitrogens with zero attached hydrogens (tertiary/aromatic N) is 2. The zero-order chi connectivity index (χ0) is 22.4. The highest BCUT2D eigenvalue weighted by Crippen LogP contribution is 2.30. The number of nitrogens with one attached hydrogen (secondary N) is 1. The molecule has 1 fully saturated rings. The number of carbonyl (C=O) groups excluding carboxylic acids is 2. The lowest BCUT2D eigenvalue weighted by Gasteiger charge is -2.41. The summed E-state index contributed by atoms with van der Waals surface area (Å²) in [5.41, 5.74) is 2.31. The van der Waals surface area contributed by atoms with E-state index in [-0.39, 0.29) is 25.0 Å². The average Bonchev–Trinajstić information content (AvgIpc) is 2.85. The summed E-state index contributed by atoms with van der Waals surface area (Å²) in [6.45, 7) is 3.22. The van der Waals surface area contributed by atoms with E-state index < -0.39 is 5.60 Å². The number of rotatable bonds is 6. The molecule has 1 N–H and O–H groups in total. The number of hydrogen-bond acceptors (Lipinski definition) is 4. The molecule has 0 radical (unpaired) electrons. The number of ether oxygens (including phenoxy) is 1. The van der Waals surface area contributed by atoms with Crippen LogP contribution in [0.15, 0.2) is 79.0 Å². The molecule has 164 valence electrons. The summed E-state index contributed by atoms with van der Waals surface area (Å²) >= 11 is 0. The second kappa shape index (κ2) is 9.75. The van der Waals surface area contributed by atoms with Crippen molar-refractivity contribution in [2.75, 3.05) is 26.2 Å². The second-order valence-corrected chi connectivity index (χ2v) is 7.84. The highest BCUT2D eigenvalue weighted by Gasteiger charge is 2.45. The van der Waals surface area contributed by atoms with Crippen LogP contribution in [0, 0.1) is 0 Å². The fraction of sp³-hybridized carbons (Fsp3) is 0.269. The minimum absolute atomic E-state index is 0.164. The van der Waals surface area contributed by atoms with Gasteiger partial charge in [-0.3, -0.25) is 14.6 Å². The van der Waals surface area contributed by atoms with Gasteiger partial charge in [-0.15, -0.1) is 0 Å². The molecule has 0 spiro atoms. The molecule has 3 aromatic rings. The Morgan fingerprint density at radius 3 is 2.53 bits per heavy atom. The third kappa shape index (κ3) is 4.55. The standard InChI is InChI=1S/C26H27N3O3/c1-2-27-25(31)26(18-21-12-6-7-13-22(21)20-10-4-3-5-11-20)19-29(16-17-32-26)24(30)23-14-8-9-15-28-23/h3-15H,2,16-19H2,1H3,(H,27,31)/t26-/m1/s1. The van der Waals surface area contributed by atoms with Crippen molar-refractivity contribution in [2.45, 2.75) is 18.9 Å². The number of hydrogen-bond donors (Lipinski definition) is 1. The lowest BCUT2D eigenvalue weighted by Crippen LogP contribution is -2.62. The third-order valence-electron chi connectivity index (χ3n) is 5.69. The van der Waals surface area contributed by atoms with Crippen molar-refractivity contribution >= 4 is 11.8 Å². The smallest absolute Gasteiger partial charge is 0.272 e. The molecule has 32 heavy (non-hydrogen) atoms. The summed E-state index contributed by atoms with van der Waals surface area (Å²) in [6, 6.07) is 23.4. The molecule has 1 saturated heterocycles. The molecule has 2 heterocycles. The number of carbonyl (C=O) groups is 2. The predicted octanol–water partition coefficient (Wildman–Crippen LogP) is 3.34. The summed E-state index contributed by atoms with van der Waals surface area (Å²) in [5, 5.41) is 2.92. The van der Waals surface area contributed by atoms with Crippen LogP contribution < -0.4 is 5.32 Å². The summed E-state index contributed by atoms with van der Waals surface area (Å²) in [5.74, 6) is -0.402. The van der Waals surface area contributed by atoms with Crippen LogP contribution in [0.25, 0.3) is 11.1 Å². The van der Waals surface area contributed by atoms with Gasteiger partial charge in [-0.2, -0.15) is 0 Å². The zero-order valence-corrected chi connectivity index (χ0v) is 18.2. The molecule has 1 aromatic heterocycles. The molecule has 0 bridgehead atoms. The Bertz CT molecular complexity index is 1070. The molecular formula is C26H27N3O3. The van der Waals surface area contributed by atoms with Crippen molar-refractivity contribution in [1.82, 2.24) is 15.2 Å². The van der Waals surface area contributed by atoms with E-state index in [9.17, 15) is 9.59 Å². The molecule has 2 amide bonds. The van der Waals surface area contributed by atoms with Gasteiger partial charge in [0.15, 0.2) is 5.60 Å². The summed E-state index contributed by atoms with van der Waals surface area (Å²) in [6.07, 6.45) is 1.96. The van der Waals surface area contributed by atoms with Crippen LogP contribution >= 0.6 is 0 Å². The number of amides is 2. The molecule has 6 nitrogen and oxygen atoms in total. The summed E-state index contributed by atoms with van der Waals surface area (Å²) < 4.78 is 6.16. The van der Waals surface area contributed by atoms with Gasteiger partial charge in [0.1, 0.15) is 5.69 Å². The average molecular weight is 430 g/mol. The maximum Gasteiger partial charge on any atom is 0.272 e. The first-order chi connectivity index (χ1) is 15.6. The first-order valence-corrected chi connectivity index (χ1v) is 10.9. The molecule has 0 saturated carbocycles. The normalized spacial score (nSPS) is 18.2. The van der Waals surface area contributed by atoms with Crippen molar-refractivity contribution < 1.29 is 14.3 Å². The maximum absolute atomic E-state index is 13.3. The second-order valence-electron chi connectivity index (χ2n) is 7.84. The Morgan fingerprint density at radius 1 is 1.03 bits per heavy atom. The van der Waals surface area contributed by atoms with E-state index in [0.717, 1.165) is 16.7 Å². The fourth-order valence-corrected chi connectivity index (χ4v) is 4.14. The van der Waals surface area contributed by atoms with E-state index in [1.165, 1.54) is 0 Å². The molecule has 1 atom stereocenters. The summed E-state index contributed by atoms with van der Waals surface area (Å²) in [7, 11) is 0. The van der Waals surface area contributed by atoms with E-state index in [1.807, 2.05) is 43.3 Å². The zero-order valence-electron chi connectivity index (χ0n) is 18.2. The Morgan fingerprint density at radius 2 is 1.78 bits per heavy atom. The fourth-order valence-electron chi connectivity index (χ4n) is 4.14. The van der Waals surface area contributed by atoms with Gasteiger partial charge >= 0.3 is 0 Å². The topological polar surface area (TPSA) is 71.5 Å². The third-order valence-corrected chi connectivity index (χ3v) is 5.69. The van der Waals surface area contributed by atoms with Gasteiger partial charge in [-0.05, 0) is 35.7 Å². The molecule has 6 heteroatoms. The maximum atomic E-state index is 13.3. The molecule has 1 aliphatic rings. The lowest BCUT2D eigenvalue weighted by atomic mass is 9.87. The van der Waals surface area contributed by atoms with Crippen LogP contribution in [-0.4, -0.2) is 53.5 Å². The van der Waals surface area contributed by atoms with Gasteiger partial charge in [0, 0.05) is 25.7 Å². The van der Waals surface area contributed by atoms with Gasteiger partial charge in [0.25, 0.3) is 11.8 Å². The number of morpholine rings is 1. The Balaban J connectivity index is 1.68. The Kier molecular flexibility index (Phi) is 6.61. The van der Waals surface area contributed by atoms with Gasteiger partial charge in [-0.1, -0.05) is 60.7 Å². The van der Waals surface area contributed by atoms with Crippen LogP contribution in [0.3, 0.4) is 0 Å². The van der Waals surface area contributed by atoms with E-state index in [1.54, 1.807) is 29.3 Å². The van der Waals surface area contributed by atoms with Gasteiger partial charge in [-0.25, -0.2) is 0 Å². The highest BCUT2D eigenvalue weighted by molar-refractivity contribution is 5.94. The number of aromatic nitrogens is 1. The largest absolute Gasteiger partial charge is 0.361 e. The van der Waals surface area contributed by atoms with Crippen molar-refractivity contribution in [3.05, 3.63) is 90.3 Å². The van der Waals surface area contributed by atoms with Crippen molar-refractivity contribution in [2.24, 2.45) is 0 Å². The SMILES string of the molecule is CCNC(=O)[C@@]1(Cc2ccccc2-c2ccccc2)CN(C(=O)c2ccccn2)CCO1. The van der Waals surface area contributed by atoms with E-state index in [4.69, 9.17) is 4.74 Å². The van der Waals surface area contributed by atoms with Crippen LogP contribution in [0.4, 0.5) is 0 Å². The van der Waals surface area contributed by atoms with Crippen molar-refractivity contribution in [3.63, 3.8) is 0 Å². The summed E-state index contributed by atoms with van der Waals surface area (Å²) in [4.78, 5) is 32.2. The first-order valence-electron chi connectivity index (χ1n) is 10.9. The van der Waals surface area contributed by atoms with E-state index in [0.29, 0.717) is 25.2 Å². The first kappa shape index (κ1) is 21.7. The molecule has 4 rings (SSSR count). The molecule has 0 aliphatic carbocycles. The van der Waals surface area contributed by atoms with Crippen molar-refractivity contribution in [1.29, 1.82) is 0 Å². The Hall–Kier alpha value is -3.51. The number of likely N-dealkylation sites (N-methyl/N-ethyl adjacent to an activating group) is 1.